The zero-order valence-electron chi connectivity index (χ0n) is 11.9. The van der Waals surface area contributed by atoms with Crippen LogP contribution in [-0.4, -0.2) is 56.2 Å². The topological polar surface area (TPSA) is 15.7 Å². The van der Waals surface area contributed by atoms with Gasteiger partial charge in [0.05, 0.1) is 11.6 Å². The van der Waals surface area contributed by atoms with E-state index in [0.717, 1.165) is 30.9 Å². The van der Waals surface area contributed by atoms with E-state index in [-0.39, 0.29) is 0 Å². The fraction of sp³-hybridized carbons (Fsp3) is 0.600. The van der Waals surface area contributed by atoms with Crippen LogP contribution in [0, 0.1) is 6.92 Å². The predicted octanol–water partition coefficient (Wildman–Crippen LogP) is 2.66. The van der Waals surface area contributed by atoms with Gasteiger partial charge in [-0.15, -0.1) is 0 Å². The van der Waals surface area contributed by atoms with Crippen molar-refractivity contribution in [2.75, 3.05) is 46.4 Å². The SMILES string of the molecule is Cc1cccc(Cl)c1OCCCN1CCN(C)CC1. The van der Waals surface area contributed by atoms with Crippen LogP contribution in [-0.2, 0) is 0 Å². The maximum Gasteiger partial charge on any atom is 0.140 e. The van der Waals surface area contributed by atoms with Crippen molar-refractivity contribution >= 4 is 11.6 Å². The summed E-state index contributed by atoms with van der Waals surface area (Å²) in [4.78, 5) is 4.88. The summed E-state index contributed by atoms with van der Waals surface area (Å²) in [6.45, 7) is 8.55. The minimum absolute atomic E-state index is 0.708. The molecular weight excluding hydrogens is 260 g/mol. The van der Waals surface area contributed by atoms with E-state index in [4.69, 9.17) is 16.3 Å². The van der Waals surface area contributed by atoms with Crippen molar-refractivity contribution < 1.29 is 4.74 Å². The predicted molar refractivity (Wildman–Crippen MR) is 80.2 cm³/mol. The first-order valence-corrected chi connectivity index (χ1v) is 7.33. The first-order chi connectivity index (χ1) is 9.16. The molecule has 0 atom stereocenters. The number of rotatable bonds is 5. The number of hydrogen-bond donors (Lipinski definition) is 0. The van der Waals surface area contributed by atoms with Gasteiger partial charge >= 0.3 is 0 Å². The molecule has 0 saturated carbocycles. The summed E-state index contributed by atoms with van der Waals surface area (Å²) in [5.41, 5.74) is 1.10. The lowest BCUT2D eigenvalue weighted by Gasteiger charge is -2.32. The maximum atomic E-state index is 6.13. The van der Waals surface area contributed by atoms with E-state index in [1.54, 1.807) is 0 Å². The van der Waals surface area contributed by atoms with Crippen LogP contribution < -0.4 is 4.74 Å². The van der Waals surface area contributed by atoms with E-state index in [2.05, 4.69) is 16.8 Å². The van der Waals surface area contributed by atoms with Crippen LogP contribution in [0.4, 0.5) is 0 Å². The lowest BCUT2D eigenvalue weighted by molar-refractivity contribution is 0.145. The Morgan fingerprint density at radius 1 is 1.21 bits per heavy atom. The molecule has 3 nitrogen and oxygen atoms in total. The summed E-state index contributed by atoms with van der Waals surface area (Å²) in [7, 11) is 2.18. The van der Waals surface area contributed by atoms with Crippen LogP contribution in [0.3, 0.4) is 0 Å². The van der Waals surface area contributed by atoms with Gasteiger partial charge in [0.25, 0.3) is 0 Å². The zero-order valence-corrected chi connectivity index (χ0v) is 12.6. The van der Waals surface area contributed by atoms with Gasteiger partial charge in [-0.05, 0) is 32.0 Å². The largest absolute Gasteiger partial charge is 0.492 e. The number of para-hydroxylation sites is 1. The van der Waals surface area contributed by atoms with Crippen molar-refractivity contribution in [3.8, 4) is 5.75 Å². The Kier molecular flexibility index (Phi) is 5.49. The molecule has 2 rings (SSSR count). The van der Waals surface area contributed by atoms with Gasteiger partial charge in [0.15, 0.2) is 0 Å². The molecule has 0 spiro atoms. The number of likely N-dealkylation sites (N-methyl/N-ethyl adjacent to an activating group) is 1. The van der Waals surface area contributed by atoms with Crippen molar-refractivity contribution in [3.05, 3.63) is 28.8 Å². The van der Waals surface area contributed by atoms with Crippen molar-refractivity contribution in [2.24, 2.45) is 0 Å². The van der Waals surface area contributed by atoms with E-state index in [1.807, 2.05) is 25.1 Å². The van der Waals surface area contributed by atoms with Gasteiger partial charge in [-0.1, -0.05) is 23.7 Å². The summed E-state index contributed by atoms with van der Waals surface area (Å²) in [5.74, 6) is 0.836. The number of ether oxygens (including phenoxy) is 1. The maximum absolute atomic E-state index is 6.13. The average Bonchev–Trinajstić information content (AvgIpc) is 2.39. The molecule has 1 aromatic rings. The Hall–Kier alpha value is -0.770. The third-order valence-corrected chi connectivity index (χ3v) is 3.92. The second-order valence-corrected chi connectivity index (χ2v) is 5.64. The Bertz CT molecular complexity index is 383. The molecular formula is C15H23ClN2O. The van der Waals surface area contributed by atoms with Crippen molar-refractivity contribution in [1.29, 1.82) is 0 Å². The Morgan fingerprint density at radius 2 is 1.95 bits per heavy atom. The first-order valence-electron chi connectivity index (χ1n) is 6.95. The van der Waals surface area contributed by atoms with Crippen LogP contribution in [0.15, 0.2) is 18.2 Å². The first kappa shape index (κ1) is 14.6. The third-order valence-electron chi connectivity index (χ3n) is 3.62. The summed E-state index contributed by atoms with van der Waals surface area (Å²) in [6, 6.07) is 5.86. The Balaban J connectivity index is 1.69. The monoisotopic (exact) mass is 282 g/mol. The summed E-state index contributed by atoms with van der Waals surface area (Å²) >= 11 is 6.13. The normalized spacial score (nSPS) is 17.6. The molecule has 1 aliphatic heterocycles. The molecule has 1 saturated heterocycles. The highest BCUT2D eigenvalue weighted by Crippen LogP contribution is 2.27. The molecule has 0 unspecified atom stereocenters. The fourth-order valence-electron chi connectivity index (χ4n) is 2.33. The van der Waals surface area contributed by atoms with Crippen molar-refractivity contribution in [3.63, 3.8) is 0 Å². The summed E-state index contributed by atoms with van der Waals surface area (Å²) in [6.07, 6.45) is 1.05. The molecule has 1 aromatic carbocycles. The van der Waals surface area contributed by atoms with Crippen molar-refractivity contribution in [1.82, 2.24) is 9.80 Å². The van der Waals surface area contributed by atoms with E-state index in [1.165, 1.54) is 26.2 Å². The van der Waals surface area contributed by atoms with Gasteiger partial charge < -0.3 is 14.5 Å². The minimum atomic E-state index is 0.708. The minimum Gasteiger partial charge on any atom is -0.492 e. The van der Waals surface area contributed by atoms with Crippen LogP contribution in [0.1, 0.15) is 12.0 Å². The number of piperazine rings is 1. The van der Waals surface area contributed by atoms with Gasteiger partial charge in [-0.2, -0.15) is 0 Å². The highest BCUT2D eigenvalue weighted by Gasteiger charge is 2.13. The van der Waals surface area contributed by atoms with Gasteiger partial charge in [0.2, 0.25) is 0 Å². The quantitative estimate of drug-likeness (QED) is 0.772. The zero-order chi connectivity index (χ0) is 13.7. The van der Waals surface area contributed by atoms with Crippen LogP contribution in [0.5, 0.6) is 5.75 Å². The van der Waals surface area contributed by atoms with E-state index < -0.39 is 0 Å². The van der Waals surface area contributed by atoms with E-state index in [0.29, 0.717) is 5.02 Å². The highest BCUT2D eigenvalue weighted by atomic mass is 35.5. The highest BCUT2D eigenvalue weighted by molar-refractivity contribution is 6.32. The molecule has 4 heteroatoms. The summed E-state index contributed by atoms with van der Waals surface area (Å²) in [5, 5.41) is 0.708. The molecule has 19 heavy (non-hydrogen) atoms. The van der Waals surface area contributed by atoms with Crippen LogP contribution in [0.2, 0.25) is 5.02 Å². The number of hydrogen-bond acceptors (Lipinski definition) is 3. The second kappa shape index (κ2) is 7.13. The van der Waals surface area contributed by atoms with Gasteiger partial charge in [0, 0.05) is 32.7 Å². The lowest BCUT2D eigenvalue weighted by atomic mass is 10.2. The summed E-state index contributed by atoms with van der Waals surface area (Å²) < 4.78 is 5.81. The van der Waals surface area contributed by atoms with E-state index >= 15 is 0 Å². The van der Waals surface area contributed by atoms with Gasteiger partial charge in [0.1, 0.15) is 5.75 Å². The number of benzene rings is 1. The smallest absolute Gasteiger partial charge is 0.140 e. The average molecular weight is 283 g/mol. The number of aryl methyl sites for hydroxylation is 1. The second-order valence-electron chi connectivity index (χ2n) is 5.23. The lowest BCUT2D eigenvalue weighted by Crippen LogP contribution is -2.44. The van der Waals surface area contributed by atoms with Crippen molar-refractivity contribution in [2.45, 2.75) is 13.3 Å². The van der Waals surface area contributed by atoms with Crippen LogP contribution in [0.25, 0.3) is 0 Å². The van der Waals surface area contributed by atoms with Gasteiger partial charge in [-0.3, -0.25) is 0 Å². The molecule has 0 bridgehead atoms. The standard InChI is InChI=1S/C15H23ClN2O/c1-13-5-3-6-14(16)15(13)19-12-4-7-18-10-8-17(2)9-11-18/h3,5-6H,4,7-12H2,1-2H3. The van der Waals surface area contributed by atoms with Crippen LogP contribution >= 0.6 is 11.6 Å². The number of halogens is 1. The molecule has 0 radical (unpaired) electrons. The van der Waals surface area contributed by atoms with E-state index in [9.17, 15) is 0 Å². The fourth-order valence-corrected chi connectivity index (χ4v) is 2.61. The molecule has 1 heterocycles. The molecule has 0 N–H and O–H groups in total. The molecule has 1 aliphatic rings. The Morgan fingerprint density at radius 3 is 2.63 bits per heavy atom. The number of nitrogens with zero attached hydrogens (tertiary/aromatic N) is 2. The Labute approximate surface area is 121 Å². The molecule has 0 amide bonds. The molecule has 0 aliphatic carbocycles. The molecule has 0 aromatic heterocycles. The molecule has 106 valence electrons. The molecule has 1 fully saturated rings. The third kappa shape index (κ3) is 4.37. The van der Waals surface area contributed by atoms with Gasteiger partial charge in [-0.25, -0.2) is 0 Å².